The molecule has 2 aromatic rings. The van der Waals surface area contributed by atoms with Crippen LogP contribution in [0.3, 0.4) is 0 Å². The fraction of sp³-hybridized carbons (Fsp3) is 0.375. The van der Waals surface area contributed by atoms with Crippen LogP contribution in [0.5, 0.6) is 0 Å². The van der Waals surface area contributed by atoms with Crippen LogP contribution < -0.4 is 5.32 Å². The first kappa shape index (κ1) is 15.0. The van der Waals surface area contributed by atoms with E-state index in [0.29, 0.717) is 5.56 Å². The highest BCUT2D eigenvalue weighted by Gasteiger charge is 2.20. The first-order valence-electron chi connectivity index (χ1n) is 7.38. The van der Waals surface area contributed by atoms with Crippen molar-refractivity contribution in [3.05, 3.63) is 41.1 Å². The van der Waals surface area contributed by atoms with Crippen LogP contribution in [-0.2, 0) is 12.2 Å². The second kappa shape index (κ2) is 6.44. The summed E-state index contributed by atoms with van der Waals surface area (Å²) in [5.41, 5.74) is 3.61. The van der Waals surface area contributed by atoms with E-state index in [1.54, 1.807) is 23.9 Å². The molecule has 0 atom stereocenters. The second-order valence-electron chi connectivity index (χ2n) is 5.35. The molecule has 22 heavy (non-hydrogen) atoms. The maximum Gasteiger partial charge on any atom is 0.335 e. The Morgan fingerprint density at radius 3 is 2.82 bits per heavy atom. The lowest BCUT2D eigenvalue weighted by Crippen LogP contribution is -2.07. The van der Waals surface area contributed by atoms with E-state index in [2.05, 4.69) is 11.6 Å². The molecular formula is C16H19N3O2S. The second-order valence-corrected chi connectivity index (χ2v) is 6.22. The fourth-order valence-electron chi connectivity index (χ4n) is 2.76. The summed E-state index contributed by atoms with van der Waals surface area (Å²) in [6.07, 6.45) is 5.46. The van der Waals surface area contributed by atoms with Gasteiger partial charge in [0, 0.05) is 17.9 Å². The third-order valence-corrected chi connectivity index (χ3v) is 4.41. The summed E-state index contributed by atoms with van der Waals surface area (Å²) in [6.45, 7) is 0.949. The standard InChI is InChI=1S/C16H19N3O2S/c1-22-10-14-13-4-2-3-9-17-15(13)19(18-14)12-7-5-11(6-8-12)16(20)21/h5-8,17H,2-4,9-10H2,1H3,(H,20,21). The van der Waals surface area contributed by atoms with E-state index in [1.807, 2.05) is 16.8 Å². The number of hydrogen-bond donors (Lipinski definition) is 2. The maximum absolute atomic E-state index is 11.0. The molecule has 1 aromatic carbocycles. The van der Waals surface area contributed by atoms with Crippen LogP contribution >= 0.6 is 11.8 Å². The van der Waals surface area contributed by atoms with E-state index in [-0.39, 0.29) is 0 Å². The highest BCUT2D eigenvalue weighted by molar-refractivity contribution is 7.97. The van der Waals surface area contributed by atoms with Gasteiger partial charge < -0.3 is 10.4 Å². The molecule has 0 unspecified atom stereocenters. The Labute approximate surface area is 133 Å². The molecule has 0 aliphatic carbocycles. The Kier molecular flexibility index (Phi) is 4.38. The van der Waals surface area contributed by atoms with Crippen LogP contribution in [0.15, 0.2) is 24.3 Å². The van der Waals surface area contributed by atoms with Crippen LogP contribution in [-0.4, -0.2) is 33.7 Å². The Hall–Kier alpha value is -1.95. The molecule has 0 spiro atoms. The number of aromatic carboxylic acids is 1. The summed E-state index contributed by atoms with van der Waals surface area (Å²) >= 11 is 1.77. The summed E-state index contributed by atoms with van der Waals surface area (Å²) in [5.74, 6) is 1.04. The molecule has 1 aromatic heterocycles. The van der Waals surface area contributed by atoms with Crippen molar-refractivity contribution in [2.75, 3.05) is 18.1 Å². The predicted octanol–water partition coefficient (Wildman–Crippen LogP) is 3.18. The smallest absolute Gasteiger partial charge is 0.335 e. The lowest BCUT2D eigenvalue weighted by atomic mass is 10.1. The van der Waals surface area contributed by atoms with Gasteiger partial charge in [-0.15, -0.1) is 0 Å². The van der Waals surface area contributed by atoms with Gasteiger partial charge in [-0.1, -0.05) is 0 Å². The van der Waals surface area contributed by atoms with Crippen molar-refractivity contribution in [2.45, 2.75) is 25.0 Å². The van der Waals surface area contributed by atoms with E-state index in [9.17, 15) is 4.79 Å². The quantitative estimate of drug-likeness (QED) is 0.906. The van der Waals surface area contributed by atoms with Gasteiger partial charge in [0.05, 0.1) is 16.9 Å². The normalized spacial score (nSPS) is 14.0. The number of nitrogens with one attached hydrogen (secondary N) is 1. The number of anilines is 1. The zero-order chi connectivity index (χ0) is 15.5. The molecule has 0 bridgehead atoms. The summed E-state index contributed by atoms with van der Waals surface area (Å²) in [7, 11) is 0. The van der Waals surface area contributed by atoms with Gasteiger partial charge in [0.1, 0.15) is 5.82 Å². The van der Waals surface area contributed by atoms with Gasteiger partial charge in [-0.2, -0.15) is 16.9 Å². The average Bonchev–Trinajstić information content (AvgIpc) is 2.71. The van der Waals surface area contributed by atoms with Crippen molar-refractivity contribution in [2.24, 2.45) is 0 Å². The highest BCUT2D eigenvalue weighted by atomic mass is 32.2. The molecule has 0 fully saturated rings. The molecular weight excluding hydrogens is 298 g/mol. The number of thioether (sulfide) groups is 1. The first-order valence-corrected chi connectivity index (χ1v) is 8.77. The molecule has 0 radical (unpaired) electrons. The Balaban J connectivity index is 2.04. The zero-order valence-electron chi connectivity index (χ0n) is 12.5. The zero-order valence-corrected chi connectivity index (χ0v) is 13.3. The molecule has 1 aliphatic rings. The Morgan fingerprint density at radius 1 is 1.36 bits per heavy atom. The number of rotatable bonds is 4. The molecule has 5 nitrogen and oxygen atoms in total. The lowest BCUT2D eigenvalue weighted by Gasteiger charge is -2.09. The molecule has 116 valence electrons. The number of aromatic nitrogens is 2. The van der Waals surface area contributed by atoms with Crippen molar-refractivity contribution < 1.29 is 9.90 Å². The van der Waals surface area contributed by atoms with Crippen molar-refractivity contribution in [1.29, 1.82) is 0 Å². The summed E-state index contributed by atoms with van der Waals surface area (Å²) < 4.78 is 1.91. The minimum absolute atomic E-state index is 0.291. The molecule has 6 heteroatoms. The predicted molar refractivity (Wildman–Crippen MR) is 89.2 cm³/mol. The molecule has 0 amide bonds. The van der Waals surface area contributed by atoms with Crippen molar-refractivity contribution in [1.82, 2.24) is 9.78 Å². The van der Waals surface area contributed by atoms with Gasteiger partial charge in [0.2, 0.25) is 0 Å². The average molecular weight is 317 g/mol. The number of carboxylic acids is 1. The van der Waals surface area contributed by atoms with Gasteiger partial charge in [-0.25, -0.2) is 9.48 Å². The lowest BCUT2D eigenvalue weighted by molar-refractivity contribution is 0.0697. The fourth-order valence-corrected chi connectivity index (χ4v) is 3.26. The molecule has 2 heterocycles. The Morgan fingerprint density at radius 2 is 2.14 bits per heavy atom. The largest absolute Gasteiger partial charge is 0.478 e. The van der Waals surface area contributed by atoms with E-state index >= 15 is 0 Å². The van der Waals surface area contributed by atoms with E-state index in [4.69, 9.17) is 10.2 Å². The monoisotopic (exact) mass is 317 g/mol. The van der Waals surface area contributed by atoms with Crippen LogP contribution in [0.4, 0.5) is 5.82 Å². The van der Waals surface area contributed by atoms with Crippen LogP contribution in [0.25, 0.3) is 5.69 Å². The summed E-state index contributed by atoms with van der Waals surface area (Å²) in [4.78, 5) is 11.0. The number of fused-ring (bicyclic) bond motifs is 1. The van der Waals surface area contributed by atoms with Crippen LogP contribution in [0, 0.1) is 0 Å². The minimum atomic E-state index is -0.910. The topological polar surface area (TPSA) is 67.2 Å². The minimum Gasteiger partial charge on any atom is -0.478 e. The molecule has 1 aliphatic heterocycles. The number of carboxylic acid groups (broad SMARTS) is 1. The number of benzene rings is 1. The van der Waals surface area contributed by atoms with Crippen LogP contribution in [0.1, 0.15) is 34.5 Å². The molecule has 2 N–H and O–H groups in total. The van der Waals surface area contributed by atoms with Gasteiger partial charge in [-0.3, -0.25) is 0 Å². The number of nitrogens with zero attached hydrogens (tertiary/aromatic N) is 2. The Bertz CT molecular complexity index is 679. The van der Waals surface area contributed by atoms with Crippen LogP contribution in [0.2, 0.25) is 0 Å². The molecule has 3 rings (SSSR count). The highest BCUT2D eigenvalue weighted by Crippen LogP contribution is 2.29. The first-order chi connectivity index (χ1) is 10.7. The maximum atomic E-state index is 11.0. The van der Waals surface area contributed by atoms with Gasteiger partial charge in [0.25, 0.3) is 0 Å². The summed E-state index contributed by atoms with van der Waals surface area (Å²) in [5, 5.41) is 17.2. The van der Waals surface area contributed by atoms with Gasteiger partial charge in [0.15, 0.2) is 0 Å². The van der Waals surface area contributed by atoms with Crippen molar-refractivity contribution >= 4 is 23.5 Å². The van der Waals surface area contributed by atoms with E-state index in [1.165, 1.54) is 12.0 Å². The summed E-state index contributed by atoms with van der Waals surface area (Å²) in [6, 6.07) is 6.87. The van der Waals surface area contributed by atoms with Crippen molar-refractivity contribution in [3.8, 4) is 5.69 Å². The van der Waals surface area contributed by atoms with Crippen molar-refractivity contribution in [3.63, 3.8) is 0 Å². The van der Waals surface area contributed by atoms with Gasteiger partial charge >= 0.3 is 5.97 Å². The van der Waals surface area contributed by atoms with E-state index < -0.39 is 5.97 Å². The number of carbonyl (C=O) groups is 1. The SMILES string of the molecule is CSCc1nn(-c2ccc(C(=O)O)cc2)c2c1CCCCN2. The number of hydrogen-bond acceptors (Lipinski definition) is 4. The van der Waals surface area contributed by atoms with E-state index in [0.717, 1.165) is 42.3 Å². The third-order valence-electron chi connectivity index (χ3n) is 3.85. The molecule has 0 saturated heterocycles. The van der Waals surface area contributed by atoms with Gasteiger partial charge in [-0.05, 0) is 49.8 Å². The molecule has 0 saturated carbocycles. The third kappa shape index (κ3) is 2.83.